The Morgan fingerprint density at radius 1 is 1.26 bits per heavy atom. The van der Waals surface area contributed by atoms with Crippen molar-refractivity contribution in [3.8, 4) is 0 Å². The largest absolute Gasteiger partial charge is 0.480 e. The van der Waals surface area contributed by atoms with Crippen LogP contribution < -0.4 is 5.32 Å². The maximum absolute atomic E-state index is 11.8. The fraction of sp³-hybridized carbons (Fsp3) is 0.467. The van der Waals surface area contributed by atoms with Crippen molar-refractivity contribution in [1.29, 1.82) is 0 Å². The smallest absolute Gasteiger partial charge is 0.318 e. The molecule has 1 rings (SSSR count). The van der Waals surface area contributed by atoms with Gasteiger partial charge >= 0.3 is 5.97 Å². The van der Waals surface area contributed by atoms with Crippen LogP contribution in [-0.2, 0) is 16.0 Å². The Kier molecular flexibility index (Phi) is 5.10. The van der Waals surface area contributed by atoms with Crippen molar-refractivity contribution in [2.75, 3.05) is 0 Å². The number of benzene rings is 1. The number of nitrogens with one attached hydrogen (secondary N) is 1. The molecule has 19 heavy (non-hydrogen) atoms. The zero-order chi connectivity index (χ0) is 14.5. The number of carbonyl (C=O) groups is 2. The monoisotopic (exact) mass is 263 g/mol. The molecule has 0 saturated heterocycles. The van der Waals surface area contributed by atoms with Gasteiger partial charge in [-0.15, -0.1) is 0 Å². The molecule has 1 aromatic rings. The molecule has 0 bridgehead atoms. The number of carbonyl (C=O) groups excluding carboxylic acids is 1. The minimum Gasteiger partial charge on any atom is -0.480 e. The lowest BCUT2D eigenvalue weighted by Gasteiger charge is -2.22. The lowest BCUT2D eigenvalue weighted by Crippen LogP contribution is -2.45. The summed E-state index contributed by atoms with van der Waals surface area (Å²) >= 11 is 0. The summed E-state index contributed by atoms with van der Waals surface area (Å²) < 4.78 is 0. The van der Waals surface area contributed by atoms with Crippen molar-refractivity contribution in [2.45, 2.75) is 39.7 Å². The van der Waals surface area contributed by atoms with Gasteiger partial charge in [0.1, 0.15) is 5.41 Å². The Labute approximate surface area is 113 Å². The minimum atomic E-state index is -1.39. The molecule has 4 nitrogen and oxygen atoms in total. The van der Waals surface area contributed by atoms with E-state index >= 15 is 0 Å². The number of aryl methyl sites for hydroxylation is 1. The van der Waals surface area contributed by atoms with E-state index in [2.05, 4.69) is 5.32 Å². The molecule has 0 spiro atoms. The van der Waals surface area contributed by atoms with E-state index in [0.717, 1.165) is 12.8 Å². The molecule has 2 N–H and O–H groups in total. The molecular formula is C15H21NO3. The quantitative estimate of drug-likeness (QED) is 0.773. The van der Waals surface area contributed by atoms with E-state index in [1.165, 1.54) is 19.4 Å². The first kappa shape index (κ1) is 15.2. The molecule has 0 saturated carbocycles. The van der Waals surface area contributed by atoms with Crippen LogP contribution in [0.15, 0.2) is 30.3 Å². The van der Waals surface area contributed by atoms with Crippen LogP contribution in [0.4, 0.5) is 0 Å². The molecule has 1 atom stereocenters. The van der Waals surface area contributed by atoms with Crippen molar-refractivity contribution in [2.24, 2.45) is 5.41 Å². The maximum atomic E-state index is 11.8. The molecule has 1 amide bonds. The standard InChI is InChI=1S/C15H21NO3/c1-11(9-10-12-7-5-4-6-8-12)16-13(17)15(2,3)14(18)19/h4-8,11H,9-10H2,1-3H3,(H,16,17)(H,18,19). The Bertz CT molecular complexity index is 440. The van der Waals surface area contributed by atoms with Gasteiger partial charge in [0.05, 0.1) is 0 Å². The summed E-state index contributed by atoms with van der Waals surface area (Å²) in [5, 5.41) is 11.7. The molecule has 0 fully saturated rings. The highest BCUT2D eigenvalue weighted by Crippen LogP contribution is 2.16. The van der Waals surface area contributed by atoms with Crippen molar-refractivity contribution in [1.82, 2.24) is 5.32 Å². The topological polar surface area (TPSA) is 66.4 Å². The third-order valence-corrected chi connectivity index (χ3v) is 3.19. The summed E-state index contributed by atoms with van der Waals surface area (Å²) in [5.41, 5.74) is -0.179. The lowest BCUT2D eigenvalue weighted by atomic mass is 9.92. The average Bonchev–Trinajstić information content (AvgIpc) is 2.37. The zero-order valence-electron chi connectivity index (χ0n) is 11.6. The number of amides is 1. The molecule has 1 aromatic carbocycles. The van der Waals surface area contributed by atoms with E-state index < -0.39 is 17.3 Å². The minimum absolute atomic E-state index is 0.0497. The highest BCUT2D eigenvalue weighted by atomic mass is 16.4. The average molecular weight is 263 g/mol. The van der Waals surface area contributed by atoms with Crippen molar-refractivity contribution in [3.63, 3.8) is 0 Å². The van der Waals surface area contributed by atoms with Gasteiger partial charge in [0, 0.05) is 6.04 Å². The summed E-state index contributed by atoms with van der Waals surface area (Å²) in [6.45, 7) is 4.71. The van der Waals surface area contributed by atoms with Gasteiger partial charge in [0.15, 0.2) is 0 Å². The van der Waals surface area contributed by atoms with E-state index in [4.69, 9.17) is 5.11 Å². The number of aliphatic carboxylic acids is 1. The van der Waals surface area contributed by atoms with E-state index in [1.54, 1.807) is 0 Å². The van der Waals surface area contributed by atoms with Crippen LogP contribution in [-0.4, -0.2) is 23.0 Å². The number of hydrogen-bond donors (Lipinski definition) is 2. The van der Waals surface area contributed by atoms with Crippen LogP contribution in [0, 0.1) is 5.41 Å². The van der Waals surface area contributed by atoms with E-state index in [-0.39, 0.29) is 6.04 Å². The molecule has 104 valence electrons. The molecular weight excluding hydrogens is 242 g/mol. The predicted octanol–water partition coefficient (Wildman–Crippen LogP) is 2.23. The normalized spacial score (nSPS) is 12.8. The van der Waals surface area contributed by atoms with Crippen molar-refractivity contribution in [3.05, 3.63) is 35.9 Å². The van der Waals surface area contributed by atoms with Gasteiger partial charge < -0.3 is 10.4 Å². The summed E-state index contributed by atoms with van der Waals surface area (Å²) in [4.78, 5) is 22.8. The van der Waals surface area contributed by atoms with Crippen LogP contribution in [0.3, 0.4) is 0 Å². The van der Waals surface area contributed by atoms with Crippen LogP contribution >= 0.6 is 0 Å². The van der Waals surface area contributed by atoms with Crippen molar-refractivity contribution >= 4 is 11.9 Å². The first-order valence-electron chi connectivity index (χ1n) is 6.42. The third kappa shape index (κ3) is 4.39. The predicted molar refractivity (Wildman–Crippen MR) is 73.8 cm³/mol. The Hall–Kier alpha value is -1.84. The van der Waals surface area contributed by atoms with Gasteiger partial charge in [-0.2, -0.15) is 0 Å². The molecule has 0 aromatic heterocycles. The van der Waals surface area contributed by atoms with Gasteiger partial charge in [0.2, 0.25) is 5.91 Å². The lowest BCUT2D eigenvalue weighted by molar-refractivity contribution is -0.153. The molecule has 1 unspecified atom stereocenters. The van der Waals surface area contributed by atoms with Gasteiger partial charge in [-0.25, -0.2) is 0 Å². The number of rotatable bonds is 6. The Balaban J connectivity index is 2.46. The maximum Gasteiger partial charge on any atom is 0.318 e. The summed E-state index contributed by atoms with van der Waals surface area (Å²) in [6.07, 6.45) is 1.64. The van der Waals surface area contributed by atoms with E-state index in [1.807, 2.05) is 37.3 Å². The molecule has 0 aliphatic rings. The zero-order valence-corrected chi connectivity index (χ0v) is 11.6. The summed E-state index contributed by atoms with van der Waals surface area (Å²) in [7, 11) is 0. The first-order valence-corrected chi connectivity index (χ1v) is 6.42. The highest BCUT2D eigenvalue weighted by molar-refractivity contribution is 6.01. The first-order chi connectivity index (χ1) is 8.84. The molecule has 0 aliphatic heterocycles. The van der Waals surface area contributed by atoms with E-state index in [9.17, 15) is 9.59 Å². The second kappa shape index (κ2) is 6.36. The van der Waals surface area contributed by atoms with Gasteiger partial charge in [-0.1, -0.05) is 30.3 Å². The second-order valence-corrected chi connectivity index (χ2v) is 5.33. The SMILES string of the molecule is CC(CCc1ccccc1)NC(=O)C(C)(C)C(=O)O. The Morgan fingerprint density at radius 3 is 2.37 bits per heavy atom. The second-order valence-electron chi connectivity index (χ2n) is 5.33. The van der Waals surface area contributed by atoms with Crippen molar-refractivity contribution < 1.29 is 14.7 Å². The number of carboxylic acid groups (broad SMARTS) is 1. The molecule has 0 radical (unpaired) electrons. The number of hydrogen-bond acceptors (Lipinski definition) is 2. The summed E-state index contributed by atoms with van der Waals surface area (Å²) in [5.74, 6) is -1.55. The number of carboxylic acids is 1. The van der Waals surface area contributed by atoms with Gasteiger partial charge in [-0.05, 0) is 39.2 Å². The molecule has 0 aliphatic carbocycles. The van der Waals surface area contributed by atoms with Crippen LogP contribution in [0.5, 0.6) is 0 Å². The van der Waals surface area contributed by atoms with Gasteiger partial charge in [-0.3, -0.25) is 9.59 Å². The van der Waals surface area contributed by atoms with Crippen LogP contribution in [0.25, 0.3) is 0 Å². The van der Waals surface area contributed by atoms with E-state index in [0.29, 0.717) is 0 Å². The summed E-state index contributed by atoms with van der Waals surface area (Å²) in [6, 6.07) is 9.94. The highest BCUT2D eigenvalue weighted by Gasteiger charge is 2.36. The third-order valence-electron chi connectivity index (χ3n) is 3.19. The molecule has 4 heteroatoms. The fourth-order valence-corrected chi connectivity index (χ4v) is 1.60. The van der Waals surface area contributed by atoms with Crippen LogP contribution in [0.1, 0.15) is 32.8 Å². The fourth-order valence-electron chi connectivity index (χ4n) is 1.60. The molecule has 0 heterocycles. The van der Waals surface area contributed by atoms with Crippen LogP contribution in [0.2, 0.25) is 0 Å². The Morgan fingerprint density at radius 2 is 1.84 bits per heavy atom. The van der Waals surface area contributed by atoms with Gasteiger partial charge in [0.25, 0.3) is 0 Å².